The predicted molar refractivity (Wildman–Crippen MR) is 69.8 cm³/mol. The maximum atomic E-state index is 10.7. The second kappa shape index (κ2) is 4.34. The number of nitrogens with one attached hydrogen (secondary N) is 1. The molecule has 3 nitrogen and oxygen atoms in total. The van der Waals surface area contributed by atoms with E-state index in [2.05, 4.69) is 32.3 Å². The van der Waals surface area contributed by atoms with E-state index >= 15 is 0 Å². The van der Waals surface area contributed by atoms with E-state index in [1.54, 1.807) is 6.20 Å². The van der Waals surface area contributed by atoms with Gasteiger partial charge in [-0.05, 0) is 53.2 Å². The first-order chi connectivity index (χ1) is 8.13. The fourth-order valence-electron chi connectivity index (χ4n) is 3.30. The first kappa shape index (κ1) is 11.6. The highest BCUT2D eigenvalue weighted by atomic mass is 79.9. The van der Waals surface area contributed by atoms with E-state index in [4.69, 9.17) is 0 Å². The summed E-state index contributed by atoms with van der Waals surface area (Å²) in [6, 6.07) is 3.08. The van der Waals surface area contributed by atoms with Crippen molar-refractivity contribution >= 4 is 15.9 Å². The second-order valence-corrected chi connectivity index (χ2v) is 6.37. The smallest absolute Gasteiger partial charge is 0.0718 e. The Morgan fingerprint density at radius 3 is 2.71 bits per heavy atom. The maximum absolute atomic E-state index is 10.7. The van der Waals surface area contributed by atoms with Crippen molar-refractivity contribution in [3.05, 3.63) is 28.5 Å². The highest BCUT2D eigenvalue weighted by Crippen LogP contribution is 2.36. The molecular formula is C13H17BrN2O. The molecule has 3 heterocycles. The summed E-state index contributed by atoms with van der Waals surface area (Å²) >= 11 is 3.42. The van der Waals surface area contributed by atoms with Crippen LogP contribution in [0, 0.1) is 0 Å². The van der Waals surface area contributed by atoms with Crippen molar-refractivity contribution in [3.8, 4) is 0 Å². The molecule has 2 N–H and O–H groups in total. The van der Waals surface area contributed by atoms with Crippen LogP contribution in [-0.2, 0) is 6.42 Å². The quantitative estimate of drug-likeness (QED) is 0.878. The van der Waals surface area contributed by atoms with Gasteiger partial charge in [-0.1, -0.05) is 0 Å². The van der Waals surface area contributed by atoms with Crippen LogP contribution in [0.5, 0.6) is 0 Å². The van der Waals surface area contributed by atoms with Crippen LogP contribution in [0.2, 0.25) is 0 Å². The third-order valence-corrected chi connectivity index (χ3v) is 4.32. The molecule has 17 heavy (non-hydrogen) atoms. The SMILES string of the molecule is OC1(Cc2cncc(Br)c2)CC2CCC(C1)N2. The monoisotopic (exact) mass is 296 g/mol. The third-order valence-electron chi connectivity index (χ3n) is 3.88. The molecule has 4 heteroatoms. The lowest BCUT2D eigenvalue weighted by atomic mass is 9.83. The van der Waals surface area contributed by atoms with E-state index in [0.29, 0.717) is 18.5 Å². The first-order valence-corrected chi connectivity index (χ1v) is 7.00. The summed E-state index contributed by atoms with van der Waals surface area (Å²) in [6.45, 7) is 0. The van der Waals surface area contributed by atoms with E-state index in [1.807, 2.05) is 6.20 Å². The minimum absolute atomic E-state index is 0.513. The minimum Gasteiger partial charge on any atom is -0.389 e. The lowest BCUT2D eigenvalue weighted by Crippen LogP contribution is -2.49. The summed E-state index contributed by atoms with van der Waals surface area (Å²) in [4.78, 5) is 4.16. The molecular weight excluding hydrogens is 280 g/mol. The summed E-state index contributed by atoms with van der Waals surface area (Å²) in [6.07, 6.45) is 8.51. The van der Waals surface area contributed by atoms with Gasteiger partial charge in [0.15, 0.2) is 0 Å². The summed E-state index contributed by atoms with van der Waals surface area (Å²) in [5, 5.41) is 14.3. The average molecular weight is 297 g/mol. The molecule has 2 fully saturated rings. The summed E-state index contributed by atoms with van der Waals surface area (Å²) in [7, 11) is 0. The number of hydrogen-bond donors (Lipinski definition) is 2. The molecule has 0 aliphatic carbocycles. The van der Waals surface area contributed by atoms with E-state index in [-0.39, 0.29) is 0 Å². The molecule has 3 rings (SSSR count). The van der Waals surface area contributed by atoms with Crippen LogP contribution >= 0.6 is 15.9 Å². The average Bonchev–Trinajstić information content (AvgIpc) is 2.58. The zero-order chi connectivity index (χ0) is 11.9. The molecule has 0 aromatic carbocycles. The number of rotatable bonds is 2. The molecule has 2 aliphatic heterocycles. The third kappa shape index (κ3) is 2.54. The summed E-state index contributed by atoms with van der Waals surface area (Å²) < 4.78 is 0.982. The van der Waals surface area contributed by atoms with Crippen molar-refractivity contribution in [3.63, 3.8) is 0 Å². The zero-order valence-corrected chi connectivity index (χ0v) is 11.3. The minimum atomic E-state index is -0.542. The molecule has 1 aromatic heterocycles. The largest absolute Gasteiger partial charge is 0.389 e. The Bertz CT molecular complexity index is 412. The van der Waals surface area contributed by atoms with Crippen molar-refractivity contribution in [2.24, 2.45) is 0 Å². The lowest BCUT2D eigenvalue weighted by molar-refractivity contribution is -0.00615. The highest BCUT2D eigenvalue weighted by Gasteiger charge is 2.42. The van der Waals surface area contributed by atoms with Gasteiger partial charge >= 0.3 is 0 Å². The molecule has 0 spiro atoms. The summed E-state index contributed by atoms with van der Waals surface area (Å²) in [5.74, 6) is 0. The van der Waals surface area contributed by atoms with Gasteiger partial charge < -0.3 is 10.4 Å². The Morgan fingerprint density at radius 1 is 1.35 bits per heavy atom. The van der Waals surface area contributed by atoms with Gasteiger partial charge in [-0.15, -0.1) is 0 Å². The van der Waals surface area contributed by atoms with Gasteiger partial charge in [0.2, 0.25) is 0 Å². The number of pyridine rings is 1. The van der Waals surface area contributed by atoms with Crippen LogP contribution in [0.15, 0.2) is 22.9 Å². The number of aliphatic hydroxyl groups is 1. The molecule has 92 valence electrons. The molecule has 0 radical (unpaired) electrons. The Morgan fingerprint density at radius 2 is 2.06 bits per heavy atom. The van der Waals surface area contributed by atoms with Crippen molar-refractivity contribution in [1.82, 2.24) is 10.3 Å². The van der Waals surface area contributed by atoms with Gasteiger partial charge in [0.25, 0.3) is 0 Å². The molecule has 2 aliphatic rings. The van der Waals surface area contributed by atoms with Crippen LogP contribution < -0.4 is 5.32 Å². The Hall–Kier alpha value is -0.450. The van der Waals surface area contributed by atoms with E-state index < -0.39 is 5.60 Å². The highest BCUT2D eigenvalue weighted by molar-refractivity contribution is 9.10. The Labute approximate surface area is 110 Å². The van der Waals surface area contributed by atoms with Gasteiger partial charge in [0.05, 0.1) is 5.60 Å². The van der Waals surface area contributed by atoms with Crippen molar-refractivity contribution in [1.29, 1.82) is 0 Å². The van der Waals surface area contributed by atoms with Gasteiger partial charge in [0, 0.05) is 35.4 Å². The molecule has 2 atom stereocenters. The molecule has 0 amide bonds. The van der Waals surface area contributed by atoms with Gasteiger partial charge in [0.1, 0.15) is 0 Å². The number of halogens is 1. The molecule has 0 saturated carbocycles. The molecule has 2 saturated heterocycles. The standard InChI is InChI=1S/C13H17BrN2O/c14-10-3-9(7-15-8-10)4-13(17)5-11-1-2-12(6-13)16-11/h3,7-8,11-12,16-17H,1-2,4-6H2. The van der Waals surface area contributed by atoms with Crippen LogP contribution in [0.25, 0.3) is 0 Å². The van der Waals surface area contributed by atoms with Gasteiger partial charge in [-0.2, -0.15) is 0 Å². The van der Waals surface area contributed by atoms with Crippen LogP contribution in [-0.4, -0.2) is 27.8 Å². The van der Waals surface area contributed by atoms with E-state index in [1.165, 1.54) is 12.8 Å². The number of nitrogens with zero attached hydrogens (tertiary/aromatic N) is 1. The van der Waals surface area contributed by atoms with Crippen molar-refractivity contribution < 1.29 is 5.11 Å². The number of fused-ring (bicyclic) bond motifs is 2. The van der Waals surface area contributed by atoms with Gasteiger partial charge in [-0.25, -0.2) is 0 Å². The molecule has 1 aromatic rings. The van der Waals surface area contributed by atoms with Crippen LogP contribution in [0.3, 0.4) is 0 Å². The fourth-order valence-corrected chi connectivity index (χ4v) is 3.71. The number of hydrogen-bond acceptors (Lipinski definition) is 3. The van der Waals surface area contributed by atoms with Crippen LogP contribution in [0.1, 0.15) is 31.2 Å². The normalized spacial score (nSPS) is 36.1. The topological polar surface area (TPSA) is 45.2 Å². The van der Waals surface area contributed by atoms with E-state index in [9.17, 15) is 5.11 Å². The van der Waals surface area contributed by atoms with Crippen molar-refractivity contribution in [2.45, 2.75) is 49.8 Å². The van der Waals surface area contributed by atoms with Crippen molar-refractivity contribution in [2.75, 3.05) is 0 Å². The number of piperidine rings is 1. The molecule has 2 unspecified atom stereocenters. The number of aromatic nitrogens is 1. The zero-order valence-electron chi connectivity index (χ0n) is 9.69. The Balaban J connectivity index is 1.76. The molecule has 2 bridgehead atoms. The first-order valence-electron chi connectivity index (χ1n) is 6.21. The second-order valence-electron chi connectivity index (χ2n) is 5.46. The van der Waals surface area contributed by atoms with Crippen LogP contribution in [0.4, 0.5) is 0 Å². The fraction of sp³-hybridized carbons (Fsp3) is 0.615. The Kier molecular flexibility index (Phi) is 2.97. The maximum Gasteiger partial charge on any atom is 0.0718 e. The van der Waals surface area contributed by atoms with Gasteiger partial charge in [-0.3, -0.25) is 4.98 Å². The summed E-state index contributed by atoms with van der Waals surface area (Å²) in [5.41, 5.74) is 0.572. The predicted octanol–water partition coefficient (Wildman–Crippen LogP) is 2.03. The lowest BCUT2D eigenvalue weighted by Gasteiger charge is -2.37. The van der Waals surface area contributed by atoms with E-state index in [0.717, 1.165) is 22.9 Å².